The number of unbranched alkanes of at least 4 members (excludes halogenated alkanes) is 1. The van der Waals surface area contributed by atoms with Crippen LogP contribution in [0.1, 0.15) is 58.8 Å². The molecule has 94 valence electrons. The van der Waals surface area contributed by atoms with Crippen LogP contribution in [0.2, 0.25) is 0 Å². The quantitative estimate of drug-likeness (QED) is 0.715. The van der Waals surface area contributed by atoms with Crippen LogP contribution >= 0.6 is 0 Å². The van der Waals surface area contributed by atoms with E-state index in [2.05, 4.69) is 24.1 Å². The van der Waals surface area contributed by atoms with Crippen LogP contribution in [0.15, 0.2) is 0 Å². The van der Waals surface area contributed by atoms with Gasteiger partial charge < -0.3 is 5.32 Å². The van der Waals surface area contributed by atoms with Crippen LogP contribution in [-0.4, -0.2) is 36.1 Å². The zero-order valence-electron chi connectivity index (χ0n) is 11.0. The van der Waals surface area contributed by atoms with Gasteiger partial charge >= 0.3 is 0 Å². The predicted molar refractivity (Wildman–Crippen MR) is 69.7 cm³/mol. The molecule has 2 aliphatic carbocycles. The summed E-state index contributed by atoms with van der Waals surface area (Å²) in [7, 11) is 0. The van der Waals surface area contributed by atoms with Gasteiger partial charge in [-0.15, -0.1) is 0 Å². The second-order valence-corrected chi connectivity index (χ2v) is 5.54. The van der Waals surface area contributed by atoms with Crippen molar-refractivity contribution in [2.24, 2.45) is 0 Å². The molecule has 0 aromatic heterocycles. The minimum Gasteiger partial charge on any atom is -0.314 e. The van der Waals surface area contributed by atoms with E-state index in [9.17, 15) is 0 Å². The lowest BCUT2D eigenvalue weighted by atomic mass is 10.1. The Morgan fingerprint density at radius 3 is 2.44 bits per heavy atom. The molecule has 0 bridgehead atoms. The van der Waals surface area contributed by atoms with Crippen molar-refractivity contribution in [1.82, 2.24) is 10.2 Å². The molecule has 0 heterocycles. The molecular weight excluding hydrogens is 196 g/mol. The fraction of sp³-hybridized carbons (Fsp3) is 1.00. The molecule has 2 saturated carbocycles. The molecule has 0 aliphatic heterocycles. The topological polar surface area (TPSA) is 15.3 Å². The molecule has 0 aromatic rings. The van der Waals surface area contributed by atoms with Crippen molar-refractivity contribution in [2.75, 3.05) is 13.1 Å². The van der Waals surface area contributed by atoms with Gasteiger partial charge in [0, 0.05) is 18.1 Å². The summed E-state index contributed by atoms with van der Waals surface area (Å²) in [4.78, 5) is 2.83. The van der Waals surface area contributed by atoms with Gasteiger partial charge in [-0.2, -0.15) is 0 Å². The van der Waals surface area contributed by atoms with E-state index in [1.807, 2.05) is 0 Å². The summed E-state index contributed by atoms with van der Waals surface area (Å²) in [5, 5.41) is 3.62. The maximum atomic E-state index is 3.62. The molecule has 2 aliphatic rings. The third kappa shape index (κ3) is 3.21. The first-order valence-electron chi connectivity index (χ1n) is 7.34. The van der Waals surface area contributed by atoms with Gasteiger partial charge in [-0.25, -0.2) is 0 Å². The van der Waals surface area contributed by atoms with E-state index in [0.29, 0.717) is 0 Å². The minimum atomic E-state index is 0.804. The summed E-state index contributed by atoms with van der Waals surface area (Å²) in [5.74, 6) is 0. The van der Waals surface area contributed by atoms with Crippen LogP contribution in [0.3, 0.4) is 0 Å². The summed E-state index contributed by atoms with van der Waals surface area (Å²) < 4.78 is 0. The first-order chi connectivity index (χ1) is 7.85. The number of nitrogens with one attached hydrogen (secondary N) is 1. The van der Waals surface area contributed by atoms with Crippen molar-refractivity contribution in [1.29, 1.82) is 0 Å². The molecule has 0 spiro atoms. The van der Waals surface area contributed by atoms with E-state index in [-0.39, 0.29) is 0 Å². The molecule has 2 nitrogen and oxygen atoms in total. The van der Waals surface area contributed by atoms with E-state index < -0.39 is 0 Å². The molecule has 1 N–H and O–H groups in total. The van der Waals surface area contributed by atoms with Gasteiger partial charge in [0.15, 0.2) is 0 Å². The Morgan fingerprint density at radius 2 is 1.81 bits per heavy atom. The zero-order valence-corrected chi connectivity index (χ0v) is 11.0. The van der Waals surface area contributed by atoms with E-state index in [4.69, 9.17) is 0 Å². The third-order valence-electron chi connectivity index (χ3n) is 4.15. The van der Waals surface area contributed by atoms with Crippen LogP contribution in [-0.2, 0) is 0 Å². The highest BCUT2D eigenvalue weighted by Crippen LogP contribution is 2.34. The molecule has 2 fully saturated rings. The Labute approximate surface area is 101 Å². The average Bonchev–Trinajstić information content (AvgIpc) is 3.01. The lowest BCUT2D eigenvalue weighted by Gasteiger charge is -2.29. The van der Waals surface area contributed by atoms with E-state index >= 15 is 0 Å². The van der Waals surface area contributed by atoms with Crippen LogP contribution in [0.5, 0.6) is 0 Å². The summed E-state index contributed by atoms with van der Waals surface area (Å²) >= 11 is 0. The van der Waals surface area contributed by atoms with E-state index in [1.165, 1.54) is 51.5 Å². The van der Waals surface area contributed by atoms with E-state index in [0.717, 1.165) is 24.7 Å². The minimum absolute atomic E-state index is 0.804. The molecule has 0 amide bonds. The zero-order chi connectivity index (χ0) is 11.4. The fourth-order valence-electron chi connectivity index (χ4n) is 3.14. The normalized spacial score (nSPS) is 30.2. The Bertz CT molecular complexity index is 201. The van der Waals surface area contributed by atoms with Crippen molar-refractivity contribution in [3.8, 4) is 0 Å². The van der Waals surface area contributed by atoms with Gasteiger partial charge in [0.2, 0.25) is 0 Å². The number of hydrogen-bond acceptors (Lipinski definition) is 2. The number of rotatable bonds is 7. The number of nitrogens with zero attached hydrogens (tertiary/aromatic N) is 1. The Kier molecular flexibility index (Phi) is 4.66. The van der Waals surface area contributed by atoms with Gasteiger partial charge in [0.1, 0.15) is 0 Å². The SMILES string of the molecule is CCCCN(C1CC1)C1CCC(NCC)C1. The van der Waals surface area contributed by atoms with Crippen LogP contribution in [0.25, 0.3) is 0 Å². The second kappa shape index (κ2) is 6.02. The molecule has 2 unspecified atom stereocenters. The largest absolute Gasteiger partial charge is 0.314 e. The fourth-order valence-corrected chi connectivity index (χ4v) is 3.14. The molecule has 0 saturated heterocycles. The Balaban J connectivity index is 1.79. The molecule has 2 heteroatoms. The molecule has 2 atom stereocenters. The summed E-state index contributed by atoms with van der Waals surface area (Å²) in [5.41, 5.74) is 0. The first kappa shape index (κ1) is 12.4. The van der Waals surface area contributed by atoms with Crippen molar-refractivity contribution in [2.45, 2.75) is 76.9 Å². The summed E-state index contributed by atoms with van der Waals surface area (Å²) in [6, 6.07) is 2.65. The van der Waals surface area contributed by atoms with Crippen molar-refractivity contribution in [3.63, 3.8) is 0 Å². The van der Waals surface area contributed by atoms with Crippen molar-refractivity contribution >= 4 is 0 Å². The van der Waals surface area contributed by atoms with Crippen LogP contribution < -0.4 is 5.32 Å². The number of hydrogen-bond donors (Lipinski definition) is 1. The Morgan fingerprint density at radius 1 is 1.06 bits per heavy atom. The van der Waals surface area contributed by atoms with Crippen LogP contribution in [0, 0.1) is 0 Å². The smallest absolute Gasteiger partial charge is 0.0114 e. The molecule has 2 rings (SSSR count). The van der Waals surface area contributed by atoms with Gasteiger partial charge in [0.25, 0.3) is 0 Å². The summed E-state index contributed by atoms with van der Waals surface area (Å²) in [6.07, 6.45) is 9.88. The molecule has 16 heavy (non-hydrogen) atoms. The predicted octanol–water partition coefficient (Wildman–Crippen LogP) is 2.78. The van der Waals surface area contributed by atoms with Gasteiger partial charge in [-0.05, 0) is 51.6 Å². The third-order valence-corrected chi connectivity index (χ3v) is 4.15. The average molecular weight is 224 g/mol. The van der Waals surface area contributed by atoms with Crippen molar-refractivity contribution < 1.29 is 0 Å². The van der Waals surface area contributed by atoms with Gasteiger partial charge in [-0.1, -0.05) is 20.3 Å². The molecule has 0 aromatic carbocycles. The van der Waals surface area contributed by atoms with Crippen LogP contribution in [0.4, 0.5) is 0 Å². The molecule has 0 radical (unpaired) electrons. The highest BCUT2D eigenvalue weighted by Gasteiger charge is 2.36. The lowest BCUT2D eigenvalue weighted by Crippen LogP contribution is -2.37. The standard InChI is InChI=1S/C14H28N2/c1-3-5-10-16(13-8-9-13)14-7-6-12(11-14)15-4-2/h12-15H,3-11H2,1-2H3. The highest BCUT2D eigenvalue weighted by atomic mass is 15.2. The maximum absolute atomic E-state index is 3.62. The van der Waals surface area contributed by atoms with E-state index in [1.54, 1.807) is 0 Å². The second-order valence-electron chi connectivity index (χ2n) is 5.54. The monoisotopic (exact) mass is 224 g/mol. The first-order valence-corrected chi connectivity index (χ1v) is 7.34. The van der Waals surface area contributed by atoms with Gasteiger partial charge in [0.05, 0.1) is 0 Å². The van der Waals surface area contributed by atoms with Gasteiger partial charge in [-0.3, -0.25) is 4.90 Å². The lowest BCUT2D eigenvalue weighted by molar-refractivity contribution is 0.183. The highest BCUT2D eigenvalue weighted by molar-refractivity contribution is 4.93. The van der Waals surface area contributed by atoms with Crippen molar-refractivity contribution in [3.05, 3.63) is 0 Å². The molecular formula is C14H28N2. The summed E-state index contributed by atoms with van der Waals surface area (Å²) in [6.45, 7) is 7.02. The Hall–Kier alpha value is -0.0800. The maximum Gasteiger partial charge on any atom is 0.0114 e.